The highest BCUT2D eigenvalue weighted by atomic mass is 15.0. The maximum Gasteiger partial charge on any atom is 0.131 e. The van der Waals surface area contributed by atoms with Gasteiger partial charge in [-0.2, -0.15) is 0 Å². The number of fused-ring (bicyclic) bond motifs is 3. The van der Waals surface area contributed by atoms with Crippen molar-refractivity contribution in [2.45, 2.75) is 6.92 Å². The molecule has 6 rings (SSSR count). The summed E-state index contributed by atoms with van der Waals surface area (Å²) < 4.78 is 2.32. The average Bonchev–Trinajstić information content (AvgIpc) is 3.31. The Bertz CT molecular complexity index is 1910. The first-order chi connectivity index (χ1) is 19.0. The van der Waals surface area contributed by atoms with E-state index in [0.29, 0.717) is 11.5 Å². The molecule has 6 aromatic rings. The highest BCUT2D eigenvalue weighted by molar-refractivity contribution is 6.10. The zero-order valence-corrected chi connectivity index (χ0v) is 21.9. The van der Waals surface area contributed by atoms with Crippen molar-refractivity contribution in [2.75, 3.05) is 0 Å². The van der Waals surface area contributed by atoms with Gasteiger partial charge in [-0.15, -0.1) is 0 Å². The van der Waals surface area contributed by atoms with Crippen molar-refractivity contribution in [1.29, 1.82) is 0 Å². The molecule has 0 saturated heterocycles. The number of allylic oxidation sites excluding steroid dienone is 1. The Morgan fingerprint density at radius 2 is 1.36 bits per heavy atom. The Labute approximate surface area is 228 Å². The molecule has 0 radical (unpaired) electrons. The van der Waals surface area contributed by atoms with Gasteiger partial charge in [0.2, 0.25) is 0 Å². The van der Waals surface area contributed by atoms with E-state index >= 15 is 0 Å². The van der Waals surface area contributed by atoms with Gasteiger partial charge in [0.15, 0.2) is 0 Å². The van der Waals surface area contributed by atoms with Crippen LogP contribution in [-0.4, -0.2) is 10.4 Å². The second-order valence-corrected chi connectivity index (χ2v) is 9.74. The van der Waals surface area contributed by atoms with Gasteiger partial charge in [0.05, 0.1) is 16.7 Å². The first-order valence-corrected chi connectivity index (χ1v) is 13.0. The van der Waals surface area contributed by atoms with Crippen molar-refractivity contribution in [3.8, 4) is 16.8 Å². The summed E-state index contributed by atoms with van der Waals surface area (Å²) >= 11 is 0. The number of aryl methyl sites for hydroxylation is 1. The van der Waals surface area contributed by atoms with Gasteiger partial charge in [-0.25, -0.2) is 4.99 Å². The molecular formula is C36H29N3. The number of benzene rings is 5. The third-order valence-electron chi connectivity index (χ3n) is 7.25. The van der Waals surface area contributed by atoms with E-state index in [1.807, 2.05) is 36.4 Å². The summed E-state index contributed by atoms with van der Waals surface area (Å²) in [4.78, 5) is 4.62. The number of amidine groups is 1. The third kappa shape index (κ3) is 4.45. The SMILES string of the molecule is C=C(N=C(N)c1cccc(-c2ccc3c(c2)c2ccccc2n3-c2ccccc2)c1)C(=C)c1ccccc1C. The molecule has 39 heavy (non-hydrogen) atoms. The van der Waals surface area contributed by atoms with Gasteiger partial charge in [0, 0.05) is 22.0 Å². The van der Waals surface area contributed by atoms with E-state index in [9.17, 15) is 0 Å². The van der Waals surface area contributed by atoms with Crippen molar-refractivity contribution in [3.63, 3.8) is 0 Å². The zero-order valence-electron chi connectivity index (χ0n) is 21.9. The molecule has 0 spiro atoms. The lowest BCUT2D eigenvalue weighted by Crippen LogP contribution is -2.13. The second kappa shape index (κ2) is 9.96. The number of hydrogen-bond donors (Lipinski definition) is 1. The quantitative estimate of drug-likeness (QED) is 0.138. The van der Waals surface area contributed by atoms with Gasteiger partial charge in [-0.05, 0) is 71.1 Å². The number of rotatable bonds is 6. The van der Waals surface area contributed by atoms with Crippen LogP contribution in [-0.2, 0) is 0 Å². The molecule has 0 amide bonds. The number of aromatic nitrogens is 1. The van der Waals surface area contributed by atoms with Crippen LogP contribution in [0.4, 0.5) is 0 Å². The summed E-state index contributed by atoms with van der Waals surface area (Å²) in [5, 5.41) is 2.43. The fraction of sp³-hybridized carbons (Fsp3) is 0.0278. The smallest absolute Gasteiger partial charge is 0.131 e. The zero-order chi connectivity index (χ0) is 26.9. The largest absolute Gasteiger partial charge is 0.383 e. The lowest BCUT2D eigenvalue weighted by molar-refractivity contribution is 1.18. The summed E-state index contributed by atoms with van der Waals surface area (Å²) in [6.07, 6.45) is 0. The van der Waals surface area contributed by atoms with Crippen LogP contribution in [0.2, 0.25) is 0 Å². The lowest BCUT2D eigenvalue weighted by Gasteiger charge is -2.11. The van der Waals surface area contributed by atoms with Gasteiger partial charge in [-0.3, -0.25) is 0 Å². The van der Waals surface area contributed by atoms with Gasteiger partial charge in [0.25, 0.3) is 0 Å². The molecule has 188 valence electrons. The van der Waals surface area contributed by atoms with Crippen molar-refractivity contribution in [3.05, 3.63) is 157 Å². The molecule has 0 saturated carbocycles. The summed E-state index contributed by atoms with van der Waals surface area (Å²) in [5.41, 5.74) is 16.5. The van der Waals surface area contributed by atoms with Gasteiger partial charge in [-0.1, -0.05) is 98.1 Å². The predicted molar refractivity (Wildman–Crippen MR) is 166 cm³/mol. The Hall–Kier alpha value is -5.15. The van der Waals surface area contributed by atoms with Crippen LogP contribution in [0.15, 0.2) is 145 Å². The van der Waals surface area contributed by atoms with Crippen LogP contribution < -0.4 is 5.73 Å². The summed E-state index contributed by atoms with van der Waals surface area (Å²) in [6.45, 7) is 10.4. The van der Waals surface area contributed by atoms with Gasteiger partial charge < -0.3 is 10.3 Å². The minimum Gasteiger partial charge on any atom is -0.383 e. The molecule has 0 aliphatic rings. The van der Waals surface area contributed by atoms with Gasteiger partial charge >= 0.3 is 0 Å². The molecular weight excluding hydrogens is 474 g/mol. The topological polar surface area (TPSA) is 43.3 Å². The Balaban J connectivity index is 1.38. The number of nitrogens with zero attached hydrogens (tertiary/aromatic N) is 2. The fourth-order valence-electron chi connectivity index (χ4n) is 5.21. The van der Waals surface area contributed by atoms with E-state index in [-0.39, 0.29) is 0 Å². The van der Waals surface area contributed by atoms with E-state index in [1.54, 1.807) is 0 Å². The average molecular weight is 504 g/mol. The summed E-state index contributed by atoms with van der Waals surface area (Å²) in [7, 11) is 0. The van der Waals surface area contributed by atoms with Crippen molar-refractivity contribution < 1.29 is 0 Å². The molecule has 3 heteroatoms. The Morgan fingerprint density at radius 3 is 2.18 bits per heavy atom. The monoisotopic (exact) mass is 503 g/mol. The van der Waals surface area contributed by atoms with E-state index in [1.165, 1.54) is 21.8 Å². The first kappa shape index (κ1) is 24.2. The van der Waals surface area contributed by atoms with E-state index in [2.05, 4.69) is 115 Å². The summed E-state index contributed by atoms with van der Waals surface area (Å²) in [6, 6.07) is 42.0. The highest BCUT2D eigenvalue weighted by Crippen LogP contribution is 2.35. The maximum absolute atomic E-state index is 6.47. The molecule has 0 unspecified atom stereocenters. The number of nitrogens with two attached hydrogens (primary N) is 1. The van der Waals surface area contributed by atoms with Crippen molar-refractivity contribution in [2.24, 2.45) is 10.7 Å². The molecule has 3 nitrogen and oxygen atoms in total. The highest BCUT2D eigenvalue weighted by Gasteiger charge is 2.13. The Morgan fingerprint density at radius 1 is 0.667 bits per heavy atom. The molecule has 0 fully saturated rings. The minimum atomic E-state index is 0.415. The molecule has 5 aromatic carbocycles. The normalized spacial score (nSPS) is 11.7. The maximum atomic E-state index is 6.47. The standard InChI is InChI=1S/C36H29N3/c1-24-12-7-8-17-31(24)25(2)26(3)38-36(37)29-14-11-13-27(22-29)28-20-21-35-33(23-28)32-18-9-10-19-34(32)39(35)30-15-5-4-6-16-30/h4-23H,2-3H2,1H3,(H2,37,38). The number of hydrogen-bond acceptors (Lipinski definition) is 1. The minimum absolute atomic E-state index is 0.415. The molecule has 2 N–H and O–H groups in total. The first-order valence-electron chi connectivity index (χ1n) is 13.0. The van der Waals surface area contributed by atoms with Crippen LogP contribution in [0.25, 0.3) is 44.2 Å². The molecule has 0 aliphatic carbocycles. The summed E-state index contributed by atoms with van der Waals surface area (Å²) in [5.74, 6) is 0.415. The molecule has 0 bridgehead atoms. The van der Waals surface area contributed by atoms with Crippen LogP contribution in [0.5, 0.6) is 0 Å². The lowest BCUT2D eigenvalue weighted by atomic mass is 9.99. The second-order valence-electron chi connectivity index (χ2n) is 9.74. The van der Waals surface area contributed by atoms with Crippen LogP contribution in [0.3, 0.4) is 0 Å². The van der Waals surface area contributed by atoms with Crippen molar-refractivity contribution >= 4 is 33.2 Å². The third-order valence-corrected chi connectivity index (χ3v) is 7.25. The Kier molecular flexibility index (Phi) is 6.18. The van der Waals surface area contributed by atoms with Crippen LogP contribution in [0, 0.1) is 6.92 Å². The van der Waals surface area contributed by atoms with E-state index in [0.717, 1.165) is 39.1 Å². The number of para-hydroxylation sites is 2. The molecule has 0 atom stereocenters. The van der Waals surface area contributed by atoms with E-state index in [4.69, 9.17) is 5.73 Å². The predicted octanol–water partition coefficient (Wildman–Crippen LogP) is 8.69. The van der Waals surface area contributed by atoms with Gasteiger partial charge in [0.1, 0.15) is 5.84 Å². The molecule has 1 aromatic heterocycles. The molecule has 0 aliphatic heterocycles. The van der Waals surface area contributed by atoms with Crippen LogP contribution >= 0.6 is 0 Å². The van der Waals surface area contributed by atoms with E-state index < -0.39 is 0 Å². The number of aliphatic imine (C=N–C) groups is 1. The molecule has 1 heterocycles. The fourth-order valence-corrected chi connectivity index (χ4v) is 5.21. The van der Waals surface area contributed by atoms with Crippen molar-refractivity contribution in [1.82, 2.24) is 4.57 Å². The van der Waals surface area contributed by atoms with Crippen LogP contribution in [0.1, 0.15) is 16.7 Å².